The maximum absolute atomic E-state index is 14.4. The highest BCUT2D eigenvalue weighted by molar-refractivity contribution is 5.77. The van der Waals surface area contributed by atoms with Crippen LogP contribution in [0.1, 0.15) is 35.3 Å². The average Bonchev–Trinajstić information content (AvgIpc) is 3.22. The number of furan rings is 1. The predicted molar refractivity (Wildman–Crippen MR) is 128 cm³/mol. The normalized spacial score (nSPS) is 11.9. The zero-order valence-corrected chi connectivity index (χ0v) is 19.4. The fourth-order valence-electron chi connectivity index (χ4n) is 3.89. The molecule has 0 fully saturated rings. The molecule has 2 aromatic carbocycles. The molecule has 2 heterocycles. The van der Waals surface area contributed by atoms with Gasteiger partial charge in [-0.05, 0) is 36.6 Å². The zero-order valence-electron chi connectivity index (χ0n) is 19.4. The van der Waals surface area contributed by atoms with Crippen molar-refractivity contribution < 1.29 is 23.1 Å². The van der Waals surface area contributed by atoms with Crippen LogP contribution in [0, 0.1) is 18.6 Å². The fraction of sp³-hybridized carbons (Fsp3) is 0.222. The number of aliphatic carboxylic acids is 1. The second-order valence-corrected chi connectivity index (χ2v) is 8.19. The quantitative estimate of drug-likeness (QED) is 0.327. The summed E-state index contributed by atoms with van der Waals surface area (Å²) in [6.07, 6.45) is 2.29. The van der Waals surface area contributed by atoms with Crippen molar-refractivity contribution in [2.45, 2.75) is 39.2 Å². The summed E-state index contributed by atoms with van der Waals surface area (Å²) in [6.45, 7) is 3.83. The van der Waals surface area contributed by atoms with Crippen molar-refractivity contribution in [2.24, 2.45) is 0 Å². The number of nitrogens with zero attached hydrogens (tertiary/aromatic N) is 2. The highest BCUT2D eigenvalue weighted by Crippen LogP contribution is 2.25. The number of rotatable bonds is 9. The van der Waals surface area contributed by atoms with Gasteiger partial charge in [0, 0.05) is 18.4 Å². The maximum Gasteiger partial charge on any atom is 0.326 e. The lowest BCUT2D eigenvalue weighted by Crippen LogP contribution is -2.32. The fourth-order valence-corrected chi connectivity index (χ4v) is 3.89. The van der Waals surface area contributed by atoms with Gasteiger partial charge in [0.1, 0.15) is 23.4 Å². The molecule has 1 unspecified atom stereocenters. The number of aromatic nitrogens is 2. The van der Waals surface area contributed by atoms with Crippen molar-refractivity contribution in [1.82, 2.24) is 9.97 Å². The van der Waals surface area contributed by atoms with Crippen molar-refractivity contribution in [1.29, 1.82) is 0 Å². The van der Waals surface area contributed by atoms with Crippen molar-refractivity contribution in [3.8, 4) is 11.3 Å². The monoisotopic (exact) mass is 477 g/mol. The highest BCUT2D eigenvalue weighted by Gasteiger charge is 2.23. The van der Waals surface area contributed by atoms with Crippen LogP contribution in [-0.2, 0) is 24.1 Å². The van der Waals surface area contributed by atoms with Gasteiger partial charge in [-0.25, -0.2) is 23.5 Å². The summed E-state index contributed by atoms with van der Waals surface area (Å²) in [5.74, 6) is -1.58. The molecular weight excluding hydrogens is 452 g/mol. The number of hydrogen-bond donors (Lipinski definition) is 2. The molecule has 0 bridgehead atoms. The van der Waals surface area contributed by atoms with Crippen LogP contribution < -0.4 is 5.32 Å². The topological polar surface area (TPSA) is 88.2 Å². The number of nitrogens with one attached hydrogen (secondary N) is 1. The zero-order chi connectivity index (χ0) is 24.9. The van der Waals surface area contributed by atoms with Gasteiger partial charge < -0.3 is 14.8 Å². The number of carbonyl (C=O) groups is 1. The Kier molecular flexibility index (Phi) is 7.19. The van der Waals surface area contributed by atoms with E-state index in [-0.39, 0.29) is 24.2 Å². The molecule has 1 atom stereocenters. The van der Waals surface area contributed by atoms with E-state index in [9.17, 15) is 18.7 Å². The van der Waals surface area contributed by atoms with Gasteiger partial charge in [-0.1, -0.05) is 49.4 Å². The lowest BCUT2D eigenvalue weighted by Gasteiger charge is -2.17. The number of aryl methyl sites for hydroxylation is 2. The van der Waals surface area contributed by atoms with Crippen LogP contribution in [0.3, 0.4) is 0 Å². The average molecular weight is 478 g/mol. The molecule has 2 N–H and O–H groups in total. The molecule has 180 valence electrons. The first-order valence-electron chi connectivity index (χ1n) is 11.3. The van der Waals surface area contributed by atoms with Crippen LogP contribution in [0.4, 0.5) is 14.6 Å². The van der Waals surface area contributed by atoms with Crippen LogP contribution in [0.5, 0.6) is 0 Å². The van der Waals surface area contributed by atoms with E-state index in [4.69, 9.17) is 4.42 Å². The predicted octanol–water partition coefficient (Wildman–Crippen LogP) is 5.58. The summed E-state index contributed by atoms with van der Waals surface area (Å²) in [5.41, 5.74) is 2.73. The Morgan fingerprint density at radius 2 is 1.89 bits per heavy atom. The van der Waals surface area contributed by atoms with Crippen molar-refractivity contribution in [2.75, 3.05) is 5.32 Å². The third-order valence-corrected chi connectivity index (χ3v) is 5.77. The Bertz CT molecular complexity index is 1340. The van der Waals surface area contributed by atoms with E-state index in [1.807, 2.05) is 50.2 Å². The van der Waals surface area contributed by atoms with E-state index in [0.29, 0.717) is 17.1 Å². The van der Waals surface area contributed by atoms with E-state index < -0.39 is 23.6 Å². The number of hydrogen-bond acceptors (Lipinski definition) is 5. The Balaban J connectivity index is 1.69. The van der Waals surface area contributed by atoms with Crippen LogP contribution in [0.15, 0.2) is 65.2 Å². The lowest BCUT2D eigenvalue weighted by atomic mass is 10.1. The smallest absolute Gasteiger partial charge is 0.326 e. The third kappa shape index (κ3) is 5.54. The van der Waals surface area contributed by atoms with E-state index in [2.05, 4.69) is 15.3 Å². The first kappa shape index (κ1) is 24.1. The molecule has 8 heteroatoms. The number of benzene rings is 2. The molecule has 0 aliphatic carbocycles. The molecule has 0 saturated heterocycles. The standard InChI is InChI=1S/C27H25F2N3O3/c1-3-17-12-20(35-16(17)2)14-23(27(33)34)32-26-22(13-19-10-7-11-21(28)25(19)29)31-24(15-30-26)18-8-5-4-6-9-18/h4-12,15,23H,3,13-14H2,1-2H3,(H,30,32)(H,33,34). The largest absolute Gasteiger partial charge is 0.480 e. The SMILES string of the molecule is CCc1cc(CC(Nc2ncc(-c3ccccc3)nc2Cc2cccc(F)c2F)C(=O)O)oc1C. The van der Waals surface area contributed by atoms with Crippen molar-refractivity contribution in [3.63, 3.8) is 0 Å². The summed E-state index contributed by atoms with van der Waals surface area (Å²) in [7, 11) is 0. The van der Waals surface area contributed by atoms with Gasteiger partial charge in [0.05, 0.1) is 17.6 Å². The minimum atomic E-state index is -1.10. The Morgan fingerprint density at radius 3 is 2.57 bits per heavy atom. The van der Waals surface area contributed by atoms with Gasteiger partial charge >= 0.3 is 5.97 Å². The maximum atomic E-state index is 14.4. The van der Waals surface area contributed by atoms with E-state index in [1.165, 1.54) is 18.3 Å². The van der Waals surface area contributed by atoms with Crippen molar-refractivity contribution in [3.05, 3.63) is 101 Å². The van der Waals surface area contributed by atoms with E-state index in [1.54, 1.807) is 0 Å². The number of carboxylic acid groups (broad SMARTS) is 1. The minimum Gasteiger partial charge on any atom is -0.480 e. The minimum absolute atomic E-state index is 0.0755. The van der Waals surface area contributed by atoms with Gasteiger partial charge in [0.15, 0.2) is 11.6 Å². The third-order valence-electron chi connectivity index (χ3n) is 5.77. The lowest BCUT2D eigenvalue weighted by molar-refractivity contribution is -0.138. The molecule has 6 nitrogen and oxygen atoms in total. The van der Waals surface area contributed by atoms with Crippen LogP contribution >= 0.6 is 0 Å². The molecule has 0 radical (unpaired) electrons. The summed E-state index contributed by atoms with van der Waals surface area (Å²) in [4.78, 5) is 21.1. The van der Waals surface area contributed by atoms with Gasteiger partial charge in [-0.2, -0.15) is 0 Å². The second-order valence-electron chi connectivity index (χ2n) is 8.19. The molecule has 35 heavy (non-hydrogen) atoms. The van der Waals surface area contributed by atoms with Gasteiger partial charge in [0.2, 0.25) is 0 Å². The Morgan fingerprint density at radius 1 is 1.11 bits per heavy atom. The number of anilines is 1. The van der Waals surface area contributed by atoms with Crippen LogP contribution in [-0.4, -0.2) is 27.1 Å². The first-order chi connectivity index (χ1) is 16.9. The number of carboxylic acids is 1. The van der Waals surface area contributed by atoms with E-state index in [0.717, 1.165) is 29.4 Å². The van der Waals surface area contributed by atoms with Crippen molar-refractivity contribution >= 4 is 11.8 Å². The molecule has 4 aromatic rings. The second kappa shape index (κ2) is 10.5. The molecule has 0 saturated carbocycles. The molecule has 0 aliphatic heterocycles. The molecule has 0 amide bonds. The first-order valence-corrected chi connectivity index (χ1v) is 11.3. The van der Waals surface area contributed by atoms with Gasteiger partial charge in [0.25, 0.3) is 0 Å². The molecular formula is C27H25F2N3O3. The summed E-state index contributed by atoms with van der Waals surface area (Å²) in [6, 6.07) is 14.0. The number of halogens is 2. The Labute approximate surface area is 201 Å². The summed E-state index contributed by atoms with van der Waals surface area (Å²) >= 11 is 0. The van der Waals surface area contributed by atoms with Gasteiger partial charge in [-0.15, -0.1) is 0 Å². The van der Waals surface area contributed by atoms with E-state index >= 15 is 0 Å². The molecule has 0 aliphatic rings. The summed E-state index contributed by atoms with van der Waals surface area (Å²) in [5, 5.41) is 12.8. The molecule has 2 aromatic heterocycles. The molecule has 4 rings (SSSR count). The van der Waals surface area contributed by atoms with Crippen LogP contribution in [0.25, 0.3) is 11.3 Å². The summed E-state index contributed by atoms with van der Waals surface area (Å²) < 4.78 is 34.0. The Hall–Kier alpha value is -4.07. The van der Waals surface area contributed by atoms with Crippen LogP contribution in [0.2, 0.25) is 0 Å². The highest BCUT2D eigenvalue weighted by atomic mass is 19.2. The van der Waals surface area contributed by atoms with Gasteiger partial charge in [-0.3, -0.25) is 0 Å². The molecule has 0 spiro atoms.